The van der Waals surface area contributed by atoms with Gasteiger partial charge in [0, 0.05) is 18.8 Å². The zero-order valence-electron chi connectivity index (χ0n) is 17.0. The Labute approximate surface area is 184 Å². The first-order valence-electron chi connectivity index (χ1n) is 9.36. The number of rotatable bonds is 7. The minimum Gasteiger partial charge on any atom is -0.497 e. The van der Waals surface area contributed by atoms with E-state index in [0.717, 1.165) is 5.56 Å². The van der Waals surface area contributed by atoms with Gasteiger partial charge in [0.1, 0.15) is 17.4 Å². The first-order chi connectivity index (χ1) is 15.0. The average Bonchev–Trinajstić information content (AvgIpc) is 3.24. The molecule has 0 spiro atoms. The minimum absolute atomic E-state index is 0.0633. The van der Waals surface area contributed by atoms with Crippen molar-refractivity contribution in [1.29, 1.82) is 5.26 Å². The Balaban J connectivity index is 1.77. The van der Waals surface area contributed by atoms with Crippen LogP contribution in [0.15, 0.2) is 65.6 Å². The summed E-state index contributed by atoms with van der Waals surface area (Å²) in [6.07, 6.45) is 1.41. The predicted octanol–water partition coefficient (Wildman–Crippen LogP) is 4.06. The summed E-state index contributed by atoms with van der Waals surface area (Å²) in [5.74, 6) is -0.0224. The standard InChI is InChI=1S/C23H20N4O3S/c1-16(28)27(20-8-10-21(30-2)11-9-20)23-26-19(15-31-23)12-18(13-24)22(29)25-14-17-6-4-3-5-7-17/h3-12,15H,14H2,1-2H3,(H,25,29)/b18-12+. The summed E-state index contributed by atoms with van der Waals surface area (Å²) in [7, 11) is 1.57. The van der Waals surface area contributed by atoms with Crippen LogP contribution in [-0.2, 0) is 16.1 Å². The van der Waals surface area contributed by atoms with Crippen molar-refractivity contribution in [3.05, 3.63) is 76.8 Å². The van der Waals surface area contributed by atoms with Gasteiger partial charge in [-0.05, 0) is 35.9 Å². The Morgan fingerprint density at radius 2 is 1.90 bits per heavy atom. The summed E-state index contributed by atoms with van der Waals surface area (Å²) in [6.45, 7) is 1.76. The molecule has 7 nitrogen and oxygen atoms in total. The Morgan fingerprint density at radius 3 is 2.52 bits per heavy atom. The van der Waals surface area contributed by atoms with Crippen LogP contribution >= 0.6 is 11.3 Å². The van der Waals surface area contributed by atoms with Gasteiger partial charge in [-0.2, -0.15) is 5.26 Å². The van der Waals surface area contributed by atoms with E-state index in [-0.39, 0.29) is 11.5 Å². The largest absolute Gasteiger partial charge is 0.497 e. The zero-order chi connectivity index (χ0) is 22.2. The van der Waals surface area contributed by atoms with Crippen molar-refractivity contribution in [2.24, 2.45) is 0 Å². The van der Waals surface area contributed by atoms with Crippen molar-refractivity contribution in [3.63, 3.8) is 0 Å². The zero-order valence-corrected chi connectivity index (χ0v) is 17.8. The molecule has 1 aromatic heterocycles. The molecule has 1 N–H and O–H groups in total. The van der Waals surface area contributed by atoms with E-state index in [0.29, 0.717) is 28.8 Å². The molecule has 0 saturated heterocycles. The molecule has 3 aromatic rings. The van der Waals surface area contributed by atoms with E-state index in [9.17, 15) is 14.9 Å². The van der Waals surface area contributed by atoms with Crippen LogP contribution in [0.3, 0.4) is 0 Å². The number of carbonyl (C=O) groups excluding carboxylic acids is 2. The molecule has 31 heavy (non-hydrogen) atoms. The van der Waals surface area contributed by atoms with Gasteiger partial charge in [0.15, 0.2) is 5.13 Å². The first kappa shape index (κ1) is 21.7. The third-order valence-corrected chi connectivity index (χ3v) is 5.14. The number of nitriles is 1. The van der Waals surface area contributed by atoms with Crippen LogP contribution in [0.4, 0.5) is 10.8 Å². The molecular formula is C23H20N4O3S. The number of hydrogen-bond acceptors (Lipinski definition) is 6. The molecule has 0 aliphatic heterocycles. The molecule has 8 heteroatoms. The van der Waals surface area contributed by atoms with Gasteiger partial charge >= 0.3 is 0 Å². The molecular weight excluding hydrogens is 412 g/mol. The molecule has 0 aliphatic carbocycles. The van der Waals surface area contributed by atoms with Crippen molar-refractivity contribution < 1.29 is 14.3 Å². The average molecular weight is 433 g/mol. The number of nitrogens with zero attached hydrogens (tertiary/aromatic N) is 3. The highest BCUT2D eigenvalue weighted by Gasteiger charge is 2.18. The molecule has 0 atom stereocenters. The van der Waals surface area contributed by atoms with Crippen LogP contribution < -0.4 is 15.0 Å². The summed E-state index contributed by atoms with van der Waals surface area (Å²) in [6, 6.07) is 18.4. The highest BCUT2D eigenvalue weighted by Crippen LogP contribution is 2.30. The number of carbonyl (C=O) groups is 2. The molecule has 0 fully saturated rings. The second kappa shape index (κ2) is 10.2. The van der Waals surface area contributed by atoms with E-state index in [4.69, 9.17) is 4.74 Å². The van der Waals surface area contributed by atoms with Crippen LogP contribution in [0, 0.1) is 11.3 Å². The van der Waals surface area contributed by atoms with Crippen LogP contribution in [-0.4, -0.2) is 23.9 Å². The number of anilines is 2. The van der Waals surface area contributed by atoms with E-state index < -0.39 is 5.91 Å². The number of amides is 2. The minimum atomic E-state index is -0.487. The number of methoxy groups -OCH3 is 1. The number of hydrogen-bond donors (Lipinski definition) is 1. The lowest BCUT2D eigenvalue weighted by Crippen LogP contribution is -2.24. The Bertz CT molecular complexity index is 1130. The van der Waals surface area contributed by atoms with Crippen LogP contribution in [0.1, 0.15) is 18.2 Å². The lowest BCUT2D eigenvalue weighted by atomic mass is 10.2. The van der Waals surface area contributed by atoms with E-state index >= 15 is 0 Å². The highest BCUT2D eigenvalue weighted by atomic mass is 32.1. The molecule has 2 aromatic carbocycles. The van der Waals surface area contributed by atoms with Crippen LogP contribution in [0.2, 0.25) is 0 Å². The normalized spacial score (nSPS) is 10.8. The number of ether oxygens (including phenoxy) is 1. The second-order valence-corrected chi connectivity index (χ2v) is 7.28. The maximum Gasteiger partial charge on any atom is 0.262 e. The third kappa shape index (κ3) is 5.56. The fourth-order valence-corrected chi connectivity index (χ4v) is 3.62. The van der Waals surface area contributed by atoms with Gasteiger partial charge < -0.3 is 10.1 Å². The van der Waals surface area contributed by atoms with Crippen LogP contribution in [0.5, 0.6) is 5.75 Å². The molecule has 0 radical (unpaired) electrons. The smallest absolute Gasteiger partial charge is 0.262 e. The van der Waals surface area contributed by atoms with E-state index in [1.54, 1.807) is 36.8 Å². The van der Waals surface area contributed by atoms with Crippen molar-refractivity contribution in [1.82, 2.24) is 10.3 Å². The maximum atomic E-state index is 12.4. The molecule has 1 heterocycles. The lowest BCUT2D eigenvalue weighted by molar-refractivity contribution is -0.117. The summed E-state index contributed by atoms with van der Waals surface area (Å²) in [4.78, 5) is 30.5. The number of nitrogens with one attached hydrogen (secondary N) is 1. The quantitative estimate of drug-likeness (QED) is 0.449. The van der Waals surface area contributed by atoms with E-state index in [1.807, 2.05) is 36.4 Å². The van der Waals surface area contributed by atoms with Gasteiger partial charge in [0.05, 0.1) is 18.5 Å². The van der Waals surface area contributed by atoms with Gasteiger partial charge in [-0.1, -0.05) is 30.3 Å². The van der Waals surface area contributed by atoms with E-state index in [2.05, 4.69) is 10.3 Å². The summed E-state index contributed by atoms with van der Waals surface area (Å²) < 4.78 is 5.15. The summed E-state index contributed by atoms with van der Waals surface area (Å²) in [5.41, 5.74) is 1.93. The molecule has 2 amide bonds. The van der Waals surface area contributed by atoms with Gasteiger partial charge in [0.2, 0.25) is 5.91 Å². The highest BCUT2D eigenvalue weighted by molar-refractivity contribution is 7.14. The van der Waals surface area contributed by atoms with E-state index in [1.165, 1.54) is 29.2 Å². The molecule has 0 saturated carbocycles. The molecule has 0 aliphatic rings. The SMILES string of the molecule is COc1ccc(N(C(C)=O)c2nc(/C=C(\C#N)C(=O)NCc3ccccc3)cs2)cc1. The van der Waals surface area contributed by atoms with Crippen molar-refractivity contribution in [2.75, 3.05) is 12.0 Å². The topological polar surface area (TPSA) is 95.3 Å². The monoisotopic (exact) mass is 432 g/mol. The summed E-state index contributed by atoms with van der Waals surface area (Å²) in [5, 5.41) is 14.3. The maximum absolute atomic E-state index is 12.4. The fraction of sp³-hybridized carbons (Fsp3) is 0.130. The van der Waals surface area contributed by atoms with Gasteiger partial charge in [-0.25, -0.2) is 4.98 Å². The van der Waals surface area contributed by atoms with Crippen LogP contribution in [0.25, 0.3) is 6.08 Å². The van der Waals surface area contributed by atoms with Gasteiger partial charge in [0.25, 0.3) is 5.91 Å². The van der Waals surface area contributed by atoms with Crippen molar-refractivity contribution >= 4 is 40.0 Å². The first-order valence-corrected chi connectivity index (χ1v) is 10.2. The molecule has 0 bridgehead atoms. The predicted molar refractivity (Wildman–Crippen MR) is 120 cm³/mol. The number of aromatic nitrogens is 1. The van der Waals surface area contributed by atoms with Gasteiger partial charge in [-0.3, -0.25) is 14.5 Å². The second-order valence-electron chi connectivity index (χ2n) is 6.45. The fourth-order valence-electron chi connectivity index (χ4n) is 2.77. The Kier molecular flexibility index (Phi) is 7.14. The molecule has 3 rings (SSSR count). The Hall–Kier alpha value is -3.96. The van der Waals surface area contributed by atoms with Crippen molar-refractivity contribution in [2.45, 2.75) is 13.5 Å². The summed E-state index contributed by atoms with van der Waals surface area (Å²) >= 11 is 1.24. The van der Waals surface area contributed by atoms with Crippen molar-refractivity contribution in [3.8, 4) is 11.8 Å². The Morgan fingerprint density at radius 1 is 1.19 bits per heavy atom. The number of benzene rings is 2. The lowest BCUT2D eigenvalue weighted by Gasteiger charge is -2.18. The number of thiazole rings is 1. The third-order valence-electron chi connectivity index (χ3n) is 4.30. The van der Waals surface area contributed by atoms with Gasteiger partial charge in [-0.15, -0.1) is 11.3 Å². The molecule has 156 valence electrons. The molecule has 0 unspecified atom stereocenters.